The predicted octanol–water partition coefficient (Wildman–Crippen LogP) is 2.83. The van der Waals surface area contributed by atoms with Crippen molar-refractivity contribution in [2.75, 3.05) is 45.3 Å². The summed E-state index contributed by atoms with van der Waals surface area (Å²) < 4.78 is 38.0. The predicted molar refractivity (Wildman–Crippen MR) is 106 cm³/mol. The smallest absolute Gasteiger partial charge is 0.243 e. The summed E-state index contributed by atoms with van der Waals surface area (Å²) in [6.45, 7) is 6.43. The molecule has 6 nitrogen and oxygen atoms in total. The van der Waals surface area contributed by atoms with Crippen LogP contribution in [-0.2, 0) is 10.0 Å². The maximum absolute atomic E-state index is 13.0. The van der Waals surface area contributed by atoms with E-state index in [1.807, 2.05) is 6.07 Å². The second-order valence-corrected chi connectivity index (χ2v) is 8.56. The third-order valence-corrected chi connectivity index (χ3v) is 7.04. The quantitative estimate of drug-likeness (QED) is 0.786. The molecule has 27 heavy (non-hydrogen) atoms. The van der Waals surface area contributed by atoms with Gasteiger partial charge < -0.3 is 14.4 Å². The van der Waals surface area contributed by atoms with Crippen LogP contribution in [0.25, 0.3) is 0 Å². The molecule has 0 atom stereocenters. The zero-order chi connectivity index (χ0) is 19.6. The molecule has 0 saturated carbocycles. The van der Waals surface area contributed by atoms with Crippen molar-refractivity contribution in [2.45, 2.75) is 18.7 Å². The third kappa shape index (κ3) is 3.75. The summed E-state index contributed by atoms with van der Waals surface area (Å²) in [4.78, 5) is 2.48. The Morgan fingerprint density at radius 1 is 0.889 bits per heavy atom. The first kappa shape index (κ1) is 19.5. The molecule has 146 valence electrons. The van der Waals surface area contributed by atoms with Gasteiger partial charge in [0.05, 0.1) is 19.1 Å². The fourth-order valence-electron chi connectivity index (χ4n) is 3.37. The maximum atomic E-state index is 13.0. The number of aryl methyl sites for hydroxylation is 1. The number of anilines is 1. The first-order valence-corrected chi connectivity index (χ1v) is 10.4. The summed E-state index contributed by atoms with van der Waals surface area (Å²) in [6.07, 6.45) is 0. The van der Waals surface area contributed by atoms with E-state index in [0.717, 1.165) is 0 Å². The summed E-state index contributed by atoms with van der Waals surface area (Å²) in [7, 11) is -0.549. The lowest BCUT2D eigenvalue weighted by molar-refractivity contribution is 0.353. The molecule has 0 aromatic heterocycles. The number of nitrogens with zero attached hydrogens (tertiary/aromatic N) is 2. The van der Waals surface area contributed by atoms with Crippen LogP contribution in [0.3, 0.4) is 0 Å². The minimum absolute atomic E-state index is 0.223. The molecule has 0 bridgehead atoms. The fourth-order valence-corrected chi connectivity index (χ4v) is 4.81. The van der Waals surface area contributed by atoms with E-state index >= 15 is 0 Å². The van der Waals surface area contributed by atoms with Crippen molar-refractivity contribution in [3.63, 3.8) is 0 Å². The Labute approximate surface area is 161 Å². The molecule has 0 radical (unpaired) electrons. The lowest BCUT2D eigenvalue weighted by Gasteiger charge is -2.36. The van der Waals surface area contributed by atoms with E-state index < -0.39 is 10.0 Å². The molecule has 1 saturated heterocycles. The van der Waals surface area contributed by atoms with Crippen molar-refractivity contribution in [3.8, 4) is 11.5 Å². The average molecular weight is 391 g/mol. The van der Waals surface area contributed by atoms with Crippen LogP contribution >= 0.6 is 0 Å². The van der Waals surface area contributed by atoms with Gasteiger partial charge in [-0.1, -0.05) is 12.1 Å². The molecule has 1 aliphatic rings. The number of hydrogen-bond acceptors (Lipinski definition) is 5. The topological polar surface area (TPSA) is 59.1 Å². The second-order valence-electron chi connectivity index (χ2n) is 6.63. The Kier molecular flexibility index (Phi) is 5.62. The van der Waals surface area contributed by atoms with Crippen LogP contribution in [0, 0.1) is 13.8 Å². The molecule has 2 aromatic rings. The van der Waals surface area contributed by atoms with E-state index in [1.165, 1.54) is 41.4 Å². The summed E-state index contributed by atoms with van der Waals surface area (Å²) in [6, 6.07) is 10.9. The minimum Gasteiger partial charge on any atom is -0.493 e. The molecular weight excluding hydrogens is 364 g/mol. The number of rotatable bonds is 5. The van der Waals surface area contributed by atoms with E-state index in [1.54, 1.807) is 12.1 Å². The van der Waals surface area contributed by atoms with Crippen molar-refractivity contribution in [3.05, 3.63) is 47.5 Å². The normalized spacial score (nSPS) is 15.6. The van der Waals surface area contributed by atoms with Crippen LogP contribution in [0.2, 0.25) is 0 Å². The largest absolute Gasteiger partial charge is 0.493 e. The van der Waals surface area contributed by atoms with Gasteiger partial charge in [0.1, 0.15) is 0 Å². The van der Waals surface area contributed by atoms with Gasteiger partial charge in [-0.3, -0.25) is 0 Å². The monoisotopic (exact) mass is 390 g/mol. The summed E-state index contributed by atoms with van der Waals surface area (Å²) in [5.41, 5.74) is 3.67. The lowest BCUT2D eigenvalue weighted by atomic mass is 10.1. The SMILES string of the molecule is COc1ccc(S(=O)(=O)N2CCN(c3cccc(C)c3C)CC2)cc1OC. The zero-order valence-corrected chi connectivity index (χ0v) is 17.0. The van der Waals surface area contributed by atoms with Gasteiger partial charge in [0.15, 0.2) is 11.5 Å². The summed E-state index contributed by atoms with van der Waals surface area (Å²) in [5.74, 6) is 0.920. The number of piperazine rings is 1. The van der Waals surface area contributed by atoms with Gasteiger partial charge in [-0.25, -0.2) is 8.42 Å². The minimum atomic E-state index is -3.57. The van der Waals surface area contributed by atoms with Gasteiger partial charge in [-0.2, -0.15) is 4.31 Å². The van der Waals surface area contributed by atoms with Gasteiger partial charge in [0.2, 0.25) is 10.0 Å². The van der Waals surface area contributed by atoms with E-state index in [9.17, 15) is 8.42 Å². The van der Waals surface area contributed by atoms with Gasteiger partial charge >= 0.3 is 0 Å². The molecule has 1 aliphatic heterocycles. The Morgan fingerprint density at radius 3 is 2.19 bits per heavy atom. The molecule has 0 unspecified atom stereocenters. The maximum Gasteiger partial charge on any atom is 0.243 e. The van der Waals surface area contributed by atoms with Crippen molar-refractivity contribution >= 4 is 15.7 Å². The highest BCUT2D eigenvalue weighted by Crippen LogP contribution is 2.31. The number of methoxy groups -OCH3 is 2. The Bertz CT molecular complexity index is 920. The number of hydrogen-bond donors (Lipinski definition) is 0. The standard InChI is InChI=1S/C20H26N2O4S/c1-15-6-5-7-18(16(15)2)21-10-12-22(13-11-21)27(23,24)17-8-9-19(25-3)20(14-17)26-4/h5-9,14H,10-13H2,1-4H3. The van der Waals surface area contributed by atoms with E-state index in [2.05, 4.69) is 30.9 Å². The molecular formula is C20H26N2O4S. The number of sulfonamides is 1. The lowest BCUT2D eigenvalue weighted by Crippen LogP contribution is -2.48. The third-order valence-electron chi connectivity index (χ3n) is 5.15. The summed E-state index contributed by atoms with van der Waals surface area (Å²) in [5, 5.41) is 0. The van der Waals surface area contributed by atoms with E-state index in [4.69, 9.17) is 9.47 Å². The highest BCUT2D eigenvalue weighted by atomic mass is 32.2. The Morgan fingerprint density at radius 2 is 1.56 bits per heavy atom. The molecule has 0 spiro atoms. The first-order valence-electron chi connectivity index (χ1n) is 8.92. The number of ether oxygens (including phenoxy) is 2. The Balaban J connectivity index is 1.78. The fraction of sp³-hybridized carbons (Fsp3) is 0.400. The molecule has 3 rings (SSSR count). The zero-order valence-electron chi connectivity index (χ0n) is 16.2. The van der Waals surface area contributed by atoms with E-state index in [0.29, 0.717) is 37.7 Å². The van der Waals surface area contributed by atoms with Gasteiger partial charge in [-0.15, -0.1) is 0 Å². The van der Waals surface area contributed by atoms with Gasteiger partial charge in [0.25, 0.3) is 0 Å². The van der Waals surface area contributed by atoms with Crippen LogP contribution in [-0.4, -0.2) is 53.1 Å². The van der Waals surface area contributed by atoms with E-state index in [-0.39, 0.29) is 4.90 Å². The molecule has 0 amide bonds. The van der Waals surface area contributed by atoms with Crippen LogP contribution in [0.5, 0.6) is 11.5 Å². The molecule has 0 aliphatic carbocycles. The van der Waals surface area contributed by atoms with Crippen molar-refractivity contribution in [2.24, 2.45) is 0 Å². The summed E-state index contributed by atoms with van der Waals surface area (Å²) >= 11 is 0. The van der Waals surface area contributed by atoms with Crippen LogP contribution in [0.4, 0.5) is 5.69 Å². The van der Waals surface area contributed by atoms with Crippen molar-refractivity contribution < 1.29 is 17.9 Å². The van der Waals surface area contributed by atoms with Crippen LogP contribution in [0.15, 0.2) is 41.3 Å². The number of benzene rings is 2. The molecule has 1 fully saturated rings. The van der Waals surface area contributed by atoms with Crippen LogP contribution in [0.1, 0.15) is 11.1 Å². The highest BCUT2D eigenvalue weighted by molar-refractivity contribution is 7.89. The molecule has 1 heterocycles. The van der Waals surface area contributed by atoms with Gasteiger partial charge in [-0.05, 0) is 43.2 Å². The Hall–Kier alpha value is -2.25. The second kappa shape index (κ2) is 7.78. The van der Waals surface area contributed by atoms with Crippen molar-refractivity contribution in [1.82, 2.24) is 4.31 Å². The first-order chi connectivity index (χ1) is 12.9. The highest BCUT2D eigenvalue weighted by Gasteiger charge is 2.29. The average Bonchev–Trinajstić information content (AvgIpc) is 2.69. The van der Waals surface area contributed by atoms with Crippen LogP contribution < -0.4 is 14.4 Å². The molecule has 0 N–H and O–H groups in total. The van der Waals surface area contributed by atoms with Crippen molar-refractivity contribution in [1.29, 1.82) is 0 Å². The van der Waals surface area contributed by atoms with Gasteiger partial charge in [0, 0.05) is 37.9 Å². The molecule has 2 aromatic carbocycles. The molecule has 7 heteroatoms.